The number of nitrogens with zero attached hydrogens (tertiary/aromatic N) is 2. The highest BCUT2D eigenvalue weighted by Crippen LogP contribution is 2.60. The van der Waals surface area contributed by atoms with Crippen LogP contribution in [0.15, 0.2) is 18.2 Å². The number of imidazole rings is 1. The molecule has 6 rings (SSSR count). The third-order valence-corrected chi connectivity index (χ3v) is 7.29. The second-order valence-corrected chi connectivity index (χ2v) is 9.08. The van der Waals surface area contributed by atoms with Crippen molar-refractivity contribution in [2.75, 3.05) is 0 Å². The third kappa shape index (κ3) is 2.19. The van der Waals surface area contributed by atoms with Crippen LogP contribution in [0, 0.1) is 35.5 Å². The first-order chi connectivity index (χ1) is 11.9. The Morgan fingerprint density at radius 1 is 1.12 bits per heavy atom. The van der Waals surface area contributed by atoms with Gasteiger partial charge >= 0.3 is 0 Å². The molecule has 0 radical (unpaired) electrons. The molecule has 0 atom stereocenters. The lowest BCUT2D eigenvalue weighted by molar-refractivity contribution is -0.144. The summed E-state index contributed by atoms with van der Waals surface area (Å²) in [7, 11) is 1.92. The molecule has 4 saturated carbocycles. The van der Waals surface area contributed by atoms with Crippen LogP contribution in [0.5, 0.6) is 0 Å². The number of carbonyl (C=O) groups is 1. The highest BCUT2D eigenvalue weighted by molar-refractivity contribution is 5.87. The van der Waals surface area contributed by atoms with Gasteiger partial charge in [-0.05, 0) is 80.9 Å². The number of hydrogen-bond donors (Lipinski definition) is 1. The third-order valence-electron chi connectivity index (χ3n) is 7.29. The summed E-state index contributed by atoms with van der Waals surface area (Å²) in [4.78, 5) is 13.4. The summed E-state index contributed by atoms with van der Waals surface area (Å²) in [6, 6.07) is 6.25. The molecule has 4 bridgehead atoms. The van der Waals surface area contributed by atoms with Crippen molar-refractivity contribution in [3.63, 3.8) is 0 Å². The van der Waals surface area contributed by atoms with Crippen LogP contribution in [0.4, 0.5) is 0 Å². The lowest BCUT2D eigenvalue weighted by Crippen LogP contribution is -2.51. The minimum atomic E-state index is -0.0832. The number of aryl methyl sites for hydroxylation is 2. The van der Waals surface area contributed by atoms with Crippen LogP contribution in [0.2, 0.25) is 0 Å². The standard InChI is InChI=1S/C21H27N3O/c1-13-3-4-17-18(5-13)24(20(22)23(17)2)12-19(25)21-9-14-6-15(10-21)8-16(7-14)11-21/h3-5,14-16,22H,6-12H2,1-2H3. The van der Waals surface area contributed by atoms with E-state index in [9.17, 15) is 4.79 Å². The van der Waals surface area contributed by atoms with E-state index in [-0.39, 0.29) is 5.41 Å². The molecule has 0 amide bonds. The molecule has 4 heteroatoms. The SMILES string of the molecule is Cc1ccc2c(c1)n(CC(=O)C13CC4CC(CC(C4)C1)C3)c(=N)n2C. The fraction of sp³-hybridized carbons (Fsp3) is 0.619. The Kier molecular flexibility index (Phi) is 3.14. The van der Waals surface area contributed by atoms with Crippen molar-refractivity contribution < 1.29 is 4.79 Å². The molecule has 2 aromatic rings. The quantitative estimate of drug-likeness (QED) is 0.915. The number of fused-ring (bicyclic) bond motifs is 1. The van der Waals surface area contributed by atoms with Crippen molar-refractivity contribution in [3.05, 3.63) is 29.4 Å². The summed E-state index contributed by atoms with van der Waals surface area (Å²) in [5.74, 6) is 2.74. The van der Waals surface area contributed by atoms with E-state index in [1.54, 1.807) is 0 Å². The summed E-state index contributed by atoms with van der Waals surface area (Å²) in [6.07, 6.45) is 7.39. The van der Waals surface area contributed by atoms with E-state index in [0.29, 0.717) is 17.9 Å². The minimum Gasteiger partial charge on any atom is -0.313 e. The fourth-order valence-corrected chi connectivity index (χ4v) is 6.47. The average molecular weight is 337 g/mol. The van der Waals surface area contributed by atoms with Gasteiger partial charge in [-0.1, -0.05) is 6.07 Å². The molecule has 1 heterocycles. The van der Waals surface area contributed by atoms with Gasteiger partial charge in [0.05, 0.1) is 17.6 Å². The summed E-state index contributed by atoms with van der Waals surface area (Å²) in [6.45, 7) is 2.44. The highest BCUT2D eigenvalue weighted by Gasteiger charge is 2.54. The van der Waals surface area contributed by atoms with Gasteiger partial charge in [0.2, 0.25) is 5.62 Å². The number of carbonyl (C=O) groups excluding carboxylic acids is 1. The van der Waals surface area contributed by atoms with Gasteiger partial charge in [0.15, 0.2) is 5.78 Å². The molecular formula is C21H27N3O. The second kappa shape index (κ2) is 5.09. The highest BCUT2D eigenvalue weighted by atomic mass is 16.1. The largest absolute Gasteiger partial charge is 0.313 e. The first-order valence-electron chi connectivity index (χ1n) is 9.69. The van der Waals surface area contributed by atoms with E-state index in [1.165, 1.54) is 24.8 Å². The number of ketones is 1. The van der Waals surface area contributed by atoms with Crippen molar-refractivity contribution in [3.8, 4) is 0 Å². The van der Waals surface area contributed by atoms with Gasteiger partial charge in [0.25, 0.3) is 0 Å². The fourth-order valence-electron chi connectivity index (χ4n) is 6.47. The van der Waals surface area contributed by atoms with Gasteiger partial charge in [-0.3, -0.25) is 10.2 Å². The molecule has 4 aliphatic rings. The predicted molar refractivity (Wildman–Crippen MR) is 97.1 cm³/mol. The van der Waals surface area contributed by atoms with E-state index < -0.39 is 0 Å². The molecule has 0 aliphatic heterocycles. The molecule has 4 aliphatic carbocycles. The predicted octanol–water partition coefficient (Wildman–Crippen LogP) is 3.55. The monoisotopic (exact) mass is 337 g/mol. The maximum absolute atomic E-state index is 13.4. The van der Waals surface area contributed by atoms with E-state index in [1.807, 2.05) is 16.2 Å². The van der Waals surface area contributed by atoms with Crippen molar-refractivity contribution in [2.45, 2.75) is 52.0 Å². The van der Waals surface area contributed by atoms with E-state index in [4.69, 9.17) is 5.41 Å². The normalized spacial score (nSPS) is 33.3. The number of Topliss-reactive ketones (excluding diaryl/α,β-unsaturated/α-hetero) is 1. The van der Waals surface area contributed by atoms with E-state index >= 15 is 0 Å². The van der Waals surface area contributed by atoms with Crippen LogP contribution in [-0.2, 0) is 18.4 Å². The van der Waals surface area contributed by atoms with Crippen molar-refractivity contribution in [1.29, 1.82) is 5.41 Å². The Balaban J connectivity index is 1.53. The lowest BCUT2D eigenvalue weighted by atomic mass is 9.48. The van der Waals surface area contributed by atoms with Gasteiger partial charge in [0, 0.05) is 12.5 Å². The summed E-state index contributed by atoms with van der Waals surface area (Å²) >= 11 is 0. The zero-order valence-electron chi connectivity index (χ0n) is 15.2. The van der Waals surface area contributed by atoms with E-state index in [2.05, 4.69) is 25.1 Å². The van der Waals surface area contributed by atoms with Gasteiger partial charge < -0.3 is 9.13 Å². The minimum absolute atomic E-state index is 0.0832. The number of hydrogen-bond acceptors (Lipinski definition) is 2. The maximum Gasteiger partial charge on any atom is 0.203 e. The van der Waals surface area contributed by atoms with Crippen LogP contribution in [0.25, 0.3) is 11.0 Å². The lowest BCUT2D eigenvalue weighted by Gasteiger charge is -2.56. The molecule has 132 valence electrons. The summed E-state index contributed by atoms with van der Waals surface area (Å²) in [5, 5.41) is 8.50. The molecule has 1 aromatic carbocycles. The van der Waals surface area contributed by atoms with Gasteiger partial charge in [-0.25, -0.2) is 0 Å². The molecule has 4 nitrogen and oxygen atoms in total. The van der Waals surface area contributed by atoms with Gasteiger partial charge in [0.1, 0.15) is 0 Å². The number of aromatic nitrogens is 2. The van der Waals surface area contributed by atoms with Crippen molar-refractivity contribution >= 4 is 16.8 Å². The molecule has 1 aromatic heterocycles. The Morgan fingerprint density at radius 3 is 2.32 bits per heavy atom. The average Bonchev–Trinajstić information content (AvgIpc) is 2.78. The topological polar surface area (TPSA) is 50.8 Å². The molecular weight excluding hydrogens is 310 g/mol. The van der Waals surface area contributed by atoms with Gasteiger partial charge in [-0.2, -0.15) is 0 Å². The van der Waals surface area contributed by atoms with E-state index in [0.717, 1.165) is 48.0 Å². The first kappa shape index (κ1) is 15.4. The van der Waals surface area contributed by atoms with Crippen LogP contribution >= 0.6 is 0 Å². The maximum atomic E-state index is 13.4. The Labute approximate surface area is 148 Å². The van der Waals surface area contributed by atoms with Crippen molar-refractivity contribution in [2.24, 2.45) is 30.2 Å². The Hall–Kier alpha value is -1.84. The Morgan fingerprint density at radius 2 is 1.72 bits per heavy atom. The van der Waals surface area contributed by atoms with Crippen LogP contribution in [0.1, 0.15) is 44.1 Å². The summed E-state index contributed by atoms with van der Waals surface area (Å²) in [5.41, 5.74) is 3.58. The molecule has 0 unspecified atom stereocenters. The molecule has 0 spiro atoms. The Bertz CT molecular complexity index is 897. The van der Waals surface area contributed by atoms with Crippen LogP contribution < -0.4 is 5.62 Å². The number of rotatable bonds is 3. The summed E-state index contributed by atoms with van der Waals surface area (Å²) < 4.78 is 3.82. The zero-order valence-corrected chi connectivity index (χ0v) is 15.2. The number of benzene rings is 1. The number of nitrogens with one attached hydrogen (secondary N) is 1. The molecule has 4 fully saturated rings. The van der Waals surface area contributed by atoms with Crippen LogP contribution in [-0.4, -0.2) is 14.9 Å². The zero-order chi connectivity index (χ0) is 17.3. The van der Waals surface area contributed by atoms with Crippen molar-refractivity contribution in [1.82, 2.24) is 9.13 Å². The first-order valence-corrected chi connectivity index (χ1v) is 9.69. The molecule has 25 heavy (non-hydrogen) atoms. The molecule has 0 saturated heterocycles. The smallest absolute Gasteiger partial charge is 0.203 e. The second-order valence-electron chi connectivity index (χ2n) is 9.08. The van der Waals surface area contributed by atoms with Crippen LogP contribution in [0.3, 0.4) is 0 Å². The molecule has 1 N–H and O–H groups in total. The van der Waals surface area contributed by atoms with Gasteiger partial charge in [-0.15, -0.1) is 0 Å².